The summed E-state index contributed by atoms with van der Waals surface area (Å²) in [6.07, 6.45) is 0. The van der Waals surface area contributed by atoms with Crippen LogP contribution in [0.2, 0.25) is 0 Å². The van der Waals surface area contributed by atoms with Crippen LogP contribution in [0.15, 0.2) is 146 Å². The second-order valence-electron chi connectivity index (χ2n) is 12.0. The number of rotatable bonds is 6. The van der Waals surface area contributed by atoms with E-state index >= 15 is 0 Å². The number of para-hydroxylation sites is 4. The number of hydrogen-bond acceptors (Lipinski definition) is 6. The van der Waals surface area contributed by atoms with Crippen LogP contribution in [-0.4, -0.2) is 9.97 Å². The van der Waals surface area contributed by atoms with Gasteiger partial charge in [-0.25, -0.2) is 9.97 Å². The van der Waals surface area contributed by atoms with E-state index in [1.807, 2.05) is 0 Å². The lowest BCUT2D eigenvalue weighted by Gasteiger charge is -2.25. The van der Waals surface area contributed by atoms with Crippen molar-refractivity contribution in [3.8, 4) is 0 Å². The third-order valence-electron chi connectivity index (χ3n) is 9.12. The second-order valence-corrected chi connectivity index (χ2v) is 14.0. The molecule has 48 heavy (non-hydrogen) atoms. The molecule has 0 saturated carbocycles. The number of nitrogens with zero attached hydrogens (tertiary/aromatic N) is 4. The van der Waals surface area contributed by atoms with Gasteiger partial charge >= 0.3 is 0 Å². The summed E-state index contributed by atoms with van der Waals surface area (Å²) >= 11 is 3.44. The maximum absolute atomic E-state index is 5.06. The fourth-order valence-corrected chi connectivity index (χ4v) is 8.73. The van der Waals surface area contributed by atoms with Crippen molar-refractivity contribution in [2.45, 2.75) is 13.8 Å². The Bertz CT molecular complexity index is 2360. The average molecular weight is 655 g/mol. The van der Waals surface area contributed by atoms with Crippen LogP contribution < -0.4 is 9.80 Å². The summed E-state index contributed by atoms with van der Waals surface area (Å²) in [6, 6.07) is 51.5. The van der Waals surface area contributed by atoms with Crippen LogP contribution in [0, 0.1) is 13.8 Å². The van der Waals surface area contributed by atoms with Crippen LogP contribution in [-0.2, 0) is 0 Å². The van der Waals surface area contributed by atoms with Crippen LogP contribution in [0.3, 0.4) is 0 Å². The van der Waals surface area contributed by atoms with Gasteiger partial charge < -0.3 is 0 Å². The molecule has 230 valence electrons. The molecule has 0 amide bonds. The van der Waals surface area contributed by atoms with Gasteiger partial charge in [-0.1, -0.05) is 95.5 Å². The summed E-state index contributed by atoms with van der Waals surface area (Å²) in [5.74, 6) is 0. The fourth-order valence-electron chi connectivity index (χ4n) is 6.71. The first kappa shape index (κ1) is 28.6. The van der Waals surface area contributed by atoms with Gasteiger partial charge in [0.1, 0.15) is 0 Å². The normalized spacial score (nSPS) is 11.5. The first-order valence-electron chi connectivity index (χ1n) is 16.0. The average Bonchev–Trinajstić information content (AvgIpc) is 3.76. The molecule has 0 fully saturated rings. The van der Waals surface area contributed by atoms with Crippen molar-refractivity contribution >= 4 is 97.7 Å². The molecule has 0 aliphatic carbocycles. The van der Waals surface area contributed by atoms with Gasteiger partial charge in [0.2, 0.25) is 0 Å². The van der Waals surface area contributed by atoms with Crippen LogP contribution in [0.4, 0.5) is 33.0 Å². The lowest BCUT2D eigenvalue weighted by Crippen LogP contribution is -2.10. The lowest BCUT2D eigenvalue weighted by atomic mass is 9.92. The van der Waals surface area contributed by atoms with Crippen molar-refractivity contribution < 1.29 is 0 Å². The van der Waals surface area contributed by atoms with Gasteiger partial charge in [0.05, 0.1) is 20.4 Å². The topological polar surface area (TPSA) is 32.3 Å². The Balaban J connectivity index is 1.20. The van der Waals surface area contributed by atoms with Crippen LogP contribution in [0.1, 0.15) is 11.1 Å². The maximum Gasteiger partial charge on any atom is 0.195 e. The molecule has 2 heterocycles. The molecule has 6 heteroatoms. The van der Waals surface area contributed by atoms with E-state index in [1.54, 1.807) is 22.7 Å². The Morgan fingerprint density at radius 1 is 0.396 bits per heavy atom. The van der Waals surface area contributed by atoms with Crippen LogP contribution in [0.5, 0.6) is 0 Å². The van der Waals surface area contributed by atoms with Gasteiger partial charge in [0, 0.05) is 22.7 Å². The van der Waals surface area contributed by atoms with Crippen molar-refractivity contribution in [3.05, 3.63) is 157 Å². The molecule has 0 unspecified atom stereocenters. The summed E-state index contributed by atoms with van der Waals surface area (Å²) in [5.41, 5.74) is 8.93. The third kappa shape index (κ3) is 4.80. The molecule has 7 aromatic carbocycles. The number of benzene rings is 7. The van der Waals surface area contributed by atoms with Gasteiger partial charge in [0.25, 0.3) is 0 Å². The standard InChI is InChI=1S/C42H30N4S2/c1-27-33-23-21-32(46(30-15-7-4-8-16-30)42-44-38-18-10-12-20-40(38)48-42)26-36(33)28(2)34-24-22-31(25-35(27)34)45(29-13-5-3-6-14-29)41-43-37-17-9-11-19-39(37)47-41/h3-26H,1-2H3. The second kappa shape index (κ2) is 11.6. The van der Waals surface area contributed by atoms with Crippen LogP contribution in [0.25, 0.3) is 42.0 Å². The summed E-state index contributed by atoms with van der Waals surface area (Å²) in [4.78, 5) is 14.7. The van der Waals surface area contributed by atoms with Crippen molar-refractivity contribution in [2.75, 3.05) is 9.80 Å². The van der Waals surface area contributed by atoms with Gasteiger partial charge in [-0.05, 0) is 119 Å². The number of thiazole rings is 2. The van der Waals surface area contributed by atoms with E-state index in [1.165, 1.54) is 42.1 Å². The summed E-state index contributed by atoms with van der Waals surface area (Å²) in [6.45, 7) is 4.50. The Morgan fingerprint density at radius 3 is 1.21 bits per heavy atom. The largest absolute Gasteiger partial charge is 0.286 e. The highest BCUT2D eigenvalue weighted by Crippen LogP contribution is 2.44. The number of aryl methyl sites for hydroxylation is 2. The minimum Gasteiger partial charge on any atom is -0.286 e. The Kier molecular flexibility index (Phi) is 6.92. The SMILES string of the molecule is Cc1c2ccc(N(c3ccccc3)c3nc4ccccc4s3)cc2c(C)c2ccc(N(c3ccccc3)c3nc4ccccc4s3)cc12. The zero-order chi connectivity index (χ0) is 32.2. The first-order valence-corrected chi connectivity index (χ1v) is 17.6. The first-order chi connectivity index (χ1) is 23.6. The molecule has 0 radical (unpaired) electrons. The van der Waals surface area contributed by atoms with Crippen molar-refractivity contribution in [1.82, 2.24) is 9.97 Å². The molecule has 0 bridgehead atoms. The van der Waals surface area contributed by atoms with E-state index in [0.29, 0.717) is 0 Å². The highest BCUT2D eigenvalue weighted by Gasteiger charge is 2.21. The highest BCUT2D eigenvalue weighted by atomic mass is 32.1. The Hall–Kier alpha value is -5.56. The summed E-state index contributed by atoms with van der Waals surface area (Å²) < 4.78 is 2.36. The molecular weight excluding hydrogens is 625 g/mol. The smallest absolute Gasteiger partial charge is 0.195 e. The quantitative estimate of drug-likeness (QED) is 0.167. The predicted molar refractivity (Wildman–Crippen MR) is 207 cm³/mol. The minimum absolute atomic E-state index is 0.956. The Labute approximate surface area is 286 Å². The van der Waals surface area contributed by atoms with E-state index in [4.69, 9.17) is 9.97 Å². The van der Waals surface area contributed by atoms with E-state index < -0.39 is 0 Å². The molecule has 4 nitrogen and oxygen atoms in total. The van der Waals surface area contributed by atoms with Crippen LogP contribution >= 0.6 is 22.7 Å². The van der Waals surface area contributed by atoms with Crippen molar-refractivity contribution in [3.63, 3.8) is 0 Å². The molecule has 0 N–H and O–H groups in total. The molecular formula is C42H30N4S2. The Morgan fingerprint density at radius 2 is 0.792 bits per heavy atom. The molecule has 2 aromatic heterocycles. The molecule has 0 atom stereocenters. The van der Waals surface area contributed by atoms with Crippen molar-refractivity contribution in [2.24, 2.45) is 0 Å². The number of anilines is 6. The number of fused-ring (bicyclic) bond motifs is 4. The van der Waals surface area contributed by atoms with E-state index in [2.05, 4.69) is 169 Å². The monoisotopic (exact) mass is 654 g/mol. The molecule has 9 rings (SSSR count). The van der Waals surface area contributed by atoms with E-state index in [9.17, 15) is 0 Å². The molecule has 0 aliphatic heterocycles. The highest BCUT2D eigenvalue weighted by molar-refractivity contribution is 7.22. The van der Waals surface area contributed by atoms with Gasteiger partial charge in [0.15, 0.2) is 10.3 Å². The number of aromatic nitrogens is 2. The molecule has 0 aliphatic rings. The summed E-state index contributed by atoms with van der Waals surface area (Å²) in [7, 11) is 0. The molecule has 0 saturated heterocycles. The zero-order valence-electron chi connectivity index (χ0n) is 26.5. The molecule has 9 aromatic rings. The maximum atomic E-state index is 5.06. The lowest BCUT2D eigenvalue weighted by molar-refractivity contribution is 1.25. The van der Waals surface area contributed by atoms with Gasteiger partial charge in [-0.15, -0.1) is 0 Å². The van der Waals surface area contributed by atoms with E-state index in [0.717, 1.165) is 44.0 Å². The summed E-state index contributed by atoms with van der Waals surface area (Å²) in [5, 5.41) is 6.92. The van der Waals surface area contributed by atoms with Crippen molar-refractivity contribution in [1.29, 1.82) is 0 Å². The van der Waals surface area contributed by atoms with Gasteiger partial charge in [-0.3, -0.25) is 9.80 Å². The number of hydrogen-bond donors (Lipinski definition) is 0. The minimum atomic E-state index is 0.956. The predicted octanol–water partition coefficient (Wildman–Crippen LogP) is 12.8. The fraction of sp³-hybridized carbons (Fsp3) is 0.0476. The molecule has 0 spiro atoms. The van der Waals surface area contributed by atoms with E-state index in [-0.39, 0.29) is 0 Å². The zero-order valence-corrected chi connectivity index (χ0v) is 28.1. The van der Waals surface area contributed by atoms with Gasteiger partial charge in [-0.2, -0.15) is 0 Å². The third-order valence-corrected chi connectivity index (χ3v) is 11.2.